The summed E-state index contributed by atoms with van der Waals surface area (Å²) < 4.78 is 1.94. The molecular formula is C15H16N2O2. The minimum absolute atomic E-state index is 0. The van der Waals surface area contributed by atoms with Gasteiger partial charge >= 0.3 is 0 Å². The second kappa shape index (κ2) is 5.65. The van der Waals surface area contributed by atoms with Gasteiger partial charge in [-0.25, -0.2) is 0 Å². The smallest absolute Gasteiger partial charge is 0.0957 e. The zero-order chi connectivity index (χ0) is 12.4. The largest absolute Gasteiger partial charge is 0.412 e. The van der Waals surface area contributed by atoms with Crippen molar-refractivity contribution in [1.29, 1.82) is 0 Å². The van der Waals surface area contributed by atoms with Gasteiger partial charge in [-0.15, -0.1) is 0 Å². The molecule has 0 spiro atoms. The zero-order valence-corrected chi connectivity index (χ0v) is 10.5. The molecule has 19 heavy (non-hydrogen) atoms. The lowest BCUT2D eigenvalue weighted by Crippen LogP contribution is -2.02. The topological polar surface area (TPSA) is 69.6 Å². The molecule has 0 bridgehead atoms. The van der Waals surface area contributed by atoms with E-state index in [1.54, 1.807) is 0 Å². The second-order valence-corrected chi connectivity index (χ2v) is 4.27. The molecule has 0 atom stereocenters. The summed E-state index contributed by atoms with van der Waals surface area (Å²) in [6.45, 7) is 0.698. The molecular weight excluding hydrogens is 240 g/mol. The van der Waals surface area contributed by atoms with Crippen LogP contribution in [0.3, 0.4) is 0 Å². The molecule has 0 aliphatic heterocycles. The monoisotopic (exact) mass is 256 g/mol. The number of aliphatic hydroxyl groups is 1. The molecule has 1 heterocycles. The van der Waals surface area contributed by atoms with Crippen molar-refractivity contribution in [3.05, 3.63) is 65.9 Å². The number of para-hydroxylation sites is 1. The highest BCUT2D eigenvalue weighted by atomic mass is 16.3. The molecule has 0 amide bonds. The lowest BCUT2D eigenvalue weighted by atomic mass is 10.2. The van der Waals surface area contributed by atoms with Gasteiger partial charge in [-0.3, -0.25) is 4.68 Å². The maximum Gasteiger partial charge on any atom is 0.0957 e. The third kappa shape index (κ3) is 2.50. The van der Waals surface area contributed by atoms with Crippen molar-refractivity contribution in [2.24, 2.45) is 0 Å². The molecule has 3 rings (SSSR count). The van der Waals surface area contributed by atoms with Crippen LogP contribution in [0, 0.1) is 0 Å². The van der Waals surface area contributed by atoms with E-state index in [1.807, 2.05) is 47.1 Å². The molecule has 4 nitrogen and oxygen atoms in total. The normalized spacial score (nSPS) is 10.4. The van der Waals surface area contributed by atoms with Crippen molar-refractivity contribution < 1.29 is 10.6 Å². The van der Waals surface area contributed by atoms with Gasteiger partial charge in [0.2, 0.25) is 0 Å². The number of fused-ring (bicyclic) bond motifs is 1. The van der Waals surface area contributed by atoms with Crippen molar-refractivity contribution in [1.82, 2.24) is 9.78 Å². The van der Waals surface area contributed by atoms with Gasteiger partial charge in [0.05, 0.1) is 24.4 Å². The van der Waals surface area contributed by atoms with Gasteiger partial charge in [0.1, 0.15) is 0 Å². The Labute approximate surface area is 111 Å². The SMILES string of the molecule is O.OCc1nn(Cc2ccccc2)c2ccccc12. The molecule has 0 unspecified atom stereocenters. The Morgan fingerprint density at radius 2 is 1.63 bits per heavy atom. The summed E-state index contributed by atoms with van der Waals surface area (Å²) in [7, 11) is 0. The number of hydrogen-bond donors (Lipinski definition) is 1. The van der Waals surface area contributed by atoms with Crippen LogP contribution in [-0.2, 0) is 13.2 Å². The molecule has 0 aliphatic rings. The van der Waals surface area contributed by atoms with Crippen LogP contribution in [0.15, 0.2) is 54.6 Å². The van der Waals surface area contributed by atoms with Crippen molar-refractivity contribution in [3.63, 3.8) is 0 Å². The Kier molecular flexibility index (Phi) is 3.94. The maximum absolute atomic E-state index is 9.34. The van der Waals surface area contributed by atoms with E-state index in [-0.39, 0.29) is 12.1 Å². The quantitative estimate of drug-likeness (QED) is 0.775. The van der Waals surface area contributed by atoms with Crippen molar-refractivity contribution in [2.75, 3.05) is 0 Å². The Hall–Kier alpha value is -2.17. The van der Waals surface area contributed by atoms with Gasteiger partial charge in [0.15, 0.2) is 0 Å². The van der Waals surface area contributed by atoms with E-state index < -0.39 is 0 Å². The number of benzene rings is 2. The number of hydrogen-bond acceptors (Lipinski definition) is 2. The van der Waals surface area contributed by atoms with Crippen molar-refractivity contribution in [3.8, 4) is 0 Å². The van der Waals surface area contributed by atoms with Crippen LogP contribution < -0.4 is 0 Å². The average Bonchev–Trinajstić information content (AvgIpc) is 2.78. The first-order valence-electron chi connectivity index (χ1n) is 5.97. The number of rotatable bonds is 3. The van der Waals surface area contributed by atoms with Crippen LogP contribution in [0.5, 0.6) is 0 Å². The van der Waals surface area contributed by atoms with Gasteiger partial charge < -0.3 is 10.6 Å². The van der Waals surface area contributed by atoms with Gasteiger partial charge in [-0.05, 0) is 11.6 Å². The van der Waals surface area contributed by atoms with E-state index in [0.717, 1.165) is 23.1 Å². The lowest BCUT2D eigenvalue weighted by molar-refractivity contribution is 0.276. The van der Waals surface area contributed by atoms with E-state index in [4.69, 9.17) is 0 Å². The fourth-order valence-electron chi connectivity index (χ4n) is 2.19. The first kappa shape index (κ1) is 13.3. The summed E-state index contributed by atoms with van der Waals surface area (Å²) in [5.74, 6) is 0. The van der Waals surface area contributed by atoms with E-state index in [9.17, 15) is 5.11 Å². The molecule has 0 fully saturated rings. The van der Waals surface area contributed by atoms with Crippen LogP contribution in [0.1, 0.15) is 11.3 Å². The van der Waals surface area contributed by atoms with Crippen LogP contribution >= 0.6 is 0 Å². The standard InChI is InChI=1S/C15H14N2O.H2O/c18-11-14-13-8-4-5-9-15(13)17(16-14)10-12-6-2-1-3-7-12;/h1-9,18H,10-11H2;1H2. The molecule has 0 saturated heterocycles. The predicted molar refractivity (Wildman–Crippen MR) is 74.8 cm³/mol. The molecule has 1 aromatic heterocycles. The Bertz CT molecular complexity index is 662. The number of nitrogens with zero attached hydrogens (tertiary/aromatic N) is 2. The Morgan fingerprint density at radius 1 is 0.947 bits per heavy atom. The maximum atomic E-state index is 9.34. The zero-order valence-electron chi connectivity index (χ0n) is 10.5. The minimum atomic E-state index is -0.0255. The molecule has 3 aromatic rings. The van der Waals surface area contributed by atoms with Crippen LogP contribution in [-0.4, -0.2) is 20.4 Å². The van der Waals surface area contributed by atoms with Gasteiger partial charge in [0.25, 0.3) is 0 Å². The molecule has 0 aliphatic carbocycles. The number of aliphatic hydroxyl groups excluding tert-OH is 1. The summed E-state index contributed by atoms with van der Waals surface area (Å²) in [5, 5.41) is 14.8. The molecule has 2 aromatic carbocycles. The van der Waals surface area contributed by atoms with Crippen molar-refractivity contribution >= 4 is 10.9 Å². The summed E-state index contributed by atoms with van der Waals surface area (Å²) in [6, 6.07) is 18.2. The molecule has 0 saturated carbocycles. The predicted octanol–water partition coefficient (Wildman–Crippen LogP) is 1.75. The van der Waals surface area contributed by atoms with E-state index >= 15 is 0 Å². The lowest BCUT2D eigenvalue weighted by Gasteiger charge is -2.03. The minimum Gasteiger partial charge on any atom is -0.412 e. The third-order valence-corrected chi connectivity index (χ3v) is 3.06. The second-order valence-electron chi connectivity index (χ2n) is 4.27. The molecule has 4 heteroatoms. The average molecular weight is 256 g/mol. The fraction of sp³-hybridized carbons (Fsp3) is 0.133. The summed E-state index contributed by atoms with van der Waals surface area (Å²) in [5.41, 5.74) is 3.00. The van der Waals surface area contributed by atoms with Gasteiger partial charge in [-0.2, -0.15) is 5.10 Å². The first-order chi connectivity index (χ1) is 8.88. The van der Waals surface area contributed by atoms with Crippen LogP contribution in [0.4, 0.5) is 0 Å². The van der Waals surface area contributed by atoms with Gasteiger partial charge in [0, 0.05) is 5.39 Å². The molecule has 0 radical (unpaired) electrons. The first-order valence-corrected chi connectivity index (χ1v) is 5.97. The number of aromatic nitrogens is 2. The van der Waals surface area contributed by atoms with Crippen LogP contribution in [0.25, 0.3) is 10.9 Å². The Morgan fingerprint density at radius 3 is 2.37 bits per heavy atom. The highest BCUT2D eigenvalue weighted by Crippen LogP contribution is 2.19. The van der Waals surface area contributed by atoms with E-state index in [2.05, 4.69) is 17.2 Å². The van der Waals surface area contributed by atoms with E-state index in [1.165, 1.54) is 5.56 Å². The summed E-state index contributed by atoms with van der Waals surface area (Å²) in [6.07, 6.45) is 0. The van der Waals surface area contributed by atoms with Crippen LogP contribution in [0.2, 0.25) is 0 Å². The Balaban J connectivity index is 0.00000133. The third-order valence-electron chi connectivity index (χ3n) is 3.06. The summed E-state index contributed by atoms with van der Waals surface area (Å²) in [4.78, 5) is 0. The highest BCUT2D eigenvalue weighted by molar-refractivity contribution is 5.81. The molecule has 3 N–H and O–H groups in total. The van der Waals surface area contributed by atoms with E-state index in [0.29, 0.717) is 0 Å². The van der Waals surface area contributed by atoms with Gasteiger partial charge in [-0.1, -0.05) is 48.5 Å². The highest BCUT2D eigenvalue weighted by Gasteiger charge is 2.08. The van der Waals surface area contributed by atoms with Crippen molar-refractivity contribution in [2.45, 2.75) is 13.2 Å². The summed E-state index contributed by atoms with van der Waals surface area (Å²) >= 11 is 0. The molecule has 98 valence electrons. The fourth-order valence-corrected chi connectivity index (χ4v) is 2.19.